The van der Waals surface area contributed by atoms with E-state index in [-0.39, 0.29) is 12.1 Å². The van der Waals surface area contributed by atoms with Crippen LogP contribution in [0, 0.1) is 13.8 Å². The lowest BCUT2D eigenvalue weighted by molar-refractivity contribution is 0.312. The molecule has 4 nitrogen and oxygen atoms in total. The zero-order valence-corrected chi connectivity index (χ0v) is 18.1. The van der Waals surface area contributed by atoms with Crippen LogP contribution in [-0.2, 0) is 0 Å². The molecule has 150 valence electrons. The molecule has 2 aromatic rings. The Kier molecular flexibility index (Phi) is 5.72. The van der Waals surface area contributed by atoms with E-state index < -0.39 is 0 Å². The summed E-state index contributed by atoms with van der Waals surface area (Å²) in [4.78, 5) is 7.04. The first-order valence-corrected chi connectivity index (χ1v) is 11.2. The molecule has 2 aliphatic rings. The smallest absolute Gasteiger partial charge is 0.170 e. The van der Waals surface area contributed by atoms with E-state index >= 15 is 0 Å². The predicted octanol–water partition coefficient (Wildman–Crippen LogP) is 5.39. The van der Waals surface area contributed by atoms with E-state index in [4.69, 9.17) is 12.2 Å². The van der Waals surface area contributed by atoms with Crippen molar-refractivity contribution >= 4 is 17.3 Å². The Labute approximate surface area is 174 Å². The van der Waals surface area contributed by atoms with Crippen molar-refractivity contribution in [3.05, 3.63) is 53.1 Å². The van der Waals surface area contributed by atoms with Crippen LogP contribution in [-0.4, -0.2) is 26.1 Å². The van der Waals surface area contributed by atoms with E-state index in [1.165, 1.54) is 49.1 Å². The third-order valence-corrected chi connectivity index (χ3v) is 6.80. The fourth-order valence-corrected chi connectivity index (χ4v) is 5.56. The first-order valence-electron chi connectivity index (χ1n) is 10.8. The number of aromatic nitrogens is 2. The predicted molar refractivity (Wildman–Crippen MR) is 118 cm³/mol. The molecule has 1 saturated carbocycles. The van der Waals surface area contributed by atoms with Crippen LogP contribution >= 0.6 is 12.2 Å². The van der Waals surface area contributed by atoms with Crippen LogP contribution in [0.1, 0.15) is 86.2 Å². The molecule has 0 spiro atoms. The lowest BCUT2D eigenvalue weighted by atomic mass is 9.94. The van der Waals surface area contributed by atoms with Crippen molar-refractivity contribution in [3.63, 3.8) is 0 Å². The lowest BCUT2D eigenvalue weighted by Crippen LogP contribution is -2.30. The molecule has 1 aliphatic carbocycles. The molecule has 1 saturated heterocycles. The maximum absolute atomic E-state index is 5.75. The summed E-state index contributed by atoms with van der Waals surface area (Å²) in [5, 5.41) is 4.43. The number of thiocarbonyl (C=S) groups is 1. The molecule has 0 radical (unpaired) electrons. The number of hydrogen-bond donors (Lipinski definition) is 1. The summed E-state index contributed by atoms with van der Waals surface area (Å²) in [5.41, 5.74) is 5.26. The van der Waals surface area contributed by atoms with Gasteiger partial charge in [-0.3, -0.25) is 4.98 Å². The molecule has 4 rings (SSSR count). The fraction of sp³-hybridized carbons (Fsp3) is 0.565. The van der Waals surface area contributed by atoms with Gasteiger partial charge in [-0.15, -0.1) is 0 Å². The van der Waals surface area contributed by atoms with Gasteiger partial charge in [-0.25, -0.2) is 0 Å². The molecule has 0 amide bonds. The Hall–Kier alpha value is -1.88. The highest BCUT2D eigenvalue weighted by molar-refractivity contribution is 7.80. The second kappa shape index (κ2) is 8.24. The second-order valence-electron chi connectivity index (χ2n) is 8.31. The number of aryl methyl sites for hydroxylation is 1. The zero-order chi connectivity index (χ0) is 19.7. The molecule has 2 aromatic heterocycles. The van der Waals surface area contributed by atoms with Crippen molar-refractivity contribution in [2.24, 2.45) is 0 Å². The Morgan fingerprint density at radius 1 is 1.18 bits per heavy atom. The van der Waals surface area contributed by atoms with E-state index in [2.05, 4.69) is 58.7 Å². The molecule has 0 aromatic carbocycles. The van der Waals surface area contributed by atoms with Gasteiger partial charge in [-0.2, -0.15) is 0 Å². The minimum atomic E-state index is 0.0977. The van der Waals surface area contributed by atoms with Crippen molar-refractivity contribution in [3.8, 4) is 0 Å². The first kappa shape index (κ1) is 19.4. The number of hydrogen-bond acceptors (Lipinski definition) is 2. The van der Waals surface area contributed by atoms with Crippen LogP contribution < -0.4 is 5.32 Å². The summed E-state index contributed by atoms with van der Waals surface area (Å²) >= 11 is 5.75. The molecule has 28 heavy (non-hydrogen) atoms. The van der Waals surface area contributed by atoms with Crippen molar-refractivity contribution in [1.82, 2.24) is 19.8 Å². The standard InChI is InChI=1S/C23H32N4S/c1-4-14-26-22(21(25-23(26)28)20-12-8-9-13-24-20)19-15-16(2)27(17(19)3)18-10-6-5-7-11-18/h8-9,12-13,15,18,21-22H,4-7,10-11,14H2,1-3H3,(H,25,28)/t21-,22+/m0/s1. The van der Waals surface area contributed by atoms with Gasteiger partial charge in [0.25, 0.3) is 0 Å². The van der Waals surface area contributed by atoms with Crippen LogP contribution in [0.3, 0.4) is 0 Å². The Morgan fingerprint density at radius 2 is 1.96 bits per heavy atom. The maximum atomic E-state index is 5.75. The van der Waals surface area contributed by atoms with Gasteiger partial charge in [-0.1, -0.05) is 32.3 Å². The first-order chi connectivity index (χ1) is 13.6. The largest absolute Gasteiger partial charge is 0.352 e. The highest BCUT2D eigenvalue weighted by Crippen LogP contribution is 2.42. The van der Waals surface area contributed by atoms with Gasteiger partial charge < -0.3 is 14.8 Å². The average molecular weight is 397 g/mol. The van der Waals surface area contributed by atoms with Gasteiger partial charge in [-0.05, 0) is 69.1 Å². The molecule has 0 unspecified atom stereocenters. The quantitative estimate of drug-likeness (QED) is 0.687. The Morgan fingerprint density at radius 3 is 2.64 bits per heavy atom. The van der Waals surface area contributed by atoms with E-state index in [0.717, 1.165) is 23.8 Å². The lowest BCUT2D eigenvalue weighted by Gasteiger charge is -2.29. The fourth-order valence-electron chi connectivity index (χ4n) is 5.23. The topological polar surface area (TPSA) is 33.1 Å². The van der Waals surface area contributed by atoms with Crippen molar-refractivity contribution < 1.29 is 0 Å². The summed E-state index contributed by atoms with van der Waals surface area (Å²) in [6.45, 7) is 7.76. The van der Waals surface area contributed by atoms with Gasteiger partial charge in [0, 0.05) is 30.2 Å². The summed E-state index contributed by atoms with van der Waals surface area (Å²) in [7, 11) is 0. The van der Waals surface area contributed by atoms with Gasteiger partial charge in [0.1, 0.15) is 0 Å². The van der Waals surface area contributed by atoms with Crippen molar-refractivity contribution in [2.45, 2.75) is 77.4 Å². The average Bonchev–Trinajstić information content (AvgIpc) is 3.19. The molecule has 1 N–H and O–H groups in total. The van der Waals surface area contributed by atoms with E-state index in [1.807, 2.05) is 12.3 Å². The van der Waals surface area contributed by atoms with Gasteiger partial charge >= 0.3 is 0 Å². The minimum absolute atomic E-state index is 0.0977. The summed E-state index contributed by atoms with van der Waals surface area (Å²) in [6.07, 6.45) is 9.66. The van der Waals surface area contributed by atoms with Crippen LogP contribution in [0.25, 0.3) is 0 Å². The van der Waals surface area contributed by atoms with Crippen molar-refractivity contribution in [2.75, 3.05) is 6.54 Å². The number of nitrogens with zero attached hydrogens (tertiary/aromatic N) is 3. The van der Waals surface area contributed by atoms with Crippen LogP contribution in [0.15, 0.2) is 30.5 Å². The molecule has 3 heterocycles. The Balaban J connectivity index is 1.76. The van der Waals surface area contributed by atoms with Gasteiger partial charge in [0.15, 0.2) is 5.11 Å². The minimum Gasteiger partial charge on any atom is -0.352 e. The molecule has 2 fully saturated rings. The van der Waals surface area contributed by atoms with Crippen LogP contribution in [0.5, 0.6) is 0 Å². The van der Waals surface area contributed by atoms with Crippen molar-refractivity contribution in [1.29, 1.82) is 0 Å². The SMILES string of the molecule is CCCN1C(=S)N[C@@H](c2ccccn2)[C@H]1c1cc(C)n(C2CCCCC2)c1C. The molecular weight excluding hydrogens is 364 g/mol. The normalized spacial score (nSPS) is 23.2. The Bertz CT molecular complexity index is 823. The molecular formula is C23H32N4S. The van der Waals surface area contributed by atoms with Crippen LogP contribution in [0.4, 0.5) is 0 Å². The molecule has 2 atom stereocenters. The number of pyridine rings is 1. The third kappa shape index (κ3) is 3.45. The summed E-state index contributed by atoms with van der Waals surface area (Å²) < 4.78 is 2.61. The highest BCUT2D eigenvalue weighted by atomic mass is 32.1. The van der Waals surface area contributed by atoms with Crippen LogP contribution in [0.2, 0.25) is 0 Å². The van der Waals surface area contributed by atoms with E-state index in [0.29, 0.717) is 6.04 Å². The molecule has 0 bridgehead atoms. The highest BCUT2D eigenvalue weighted by Gasteiger charge is 2.41. The molecule has 5 heteroatoms. The zero-order valence-electron chi connectivity index (χ0n) is 17.3. The van der Waals surface area contributed by atoms with E-state index in [1.54, 1.807) is 0 Å². The van der Waals surface area contributed by atoms with Gasteiger partial charge in [0.2, 0.25) is 0 Å². The number of rotatable bonds is 5. The summed E-state index contributed by atoms with van der Waals surface area (Å²) in [5.74, 6) is 0. The molecule has 1 aliphatic heterocycles. The third-order valence-electron chi connectivity index (χ3n) is 6.44. The monoisotopic (exact) mass is 396 g/mol. The van der Waals surface area contributed by atoms with E-state index in [9.17, 15) is 0 Å². The van der Waals surface area contributed by atoms with Gasteiger partial charge in [0.05, 0.1) is 17.8 Å². The second-order valence-corrected chi connectivity index (χ2v) is 8.70. The maximum Gasteiger partial charge on any atom is 0.170 e. The number of nitrogens with one attached hydrogen (secondary N) is 1. The summed E-state index contributed by atoms with van der Waals surface area (Å²) in [6, 6.07) is 9.51.